The van der Waals surface area contributed by atoms with Crippen molar-refractivity contribution in [3.8, 4) is 0 Å². The Bertz CT molecular complexity index is 193. The zero-order valence-electron chi connectivity index (χ0n) is 8.68. The molecule has 0 aromatic rings. The number of rotatable bonds is 2. The summed E-state index contributed by atoms with van der Waals surface area (Å²) in [4.78, 5) is 13.6. The second kappa shape index (κ2) is 4.09. The summed E-state index contributed by atoms with van der Waals surface area (Å²) in [6, 6.07) is 0. The summed E-state index contributed by atoms with van der Waals surface area (Å²) >= 11 is 0. The number of amides is 1. The molecule has 1 rings (SSSR count). The minimum absolute atomic E-state index is 0.134. The minimum atomic E-state index is -0.260. The fourth-order valence-electron chi connectivity index (χ4n) is 1.90. The van der Waals surface area contributed by atoms with Crippen molar-refractivity contribution in [3.63, 3.8) is 0 Å². The highest BCUT2D eigenvalue weighted by molar-refractivity contribution is 5.80. The Hall–Kier alpha value is -0.570. The first-order chi connectivity index (χ1) is 6.08. The average molecular weight is 184 g/mol. The maximum absolute atomic E-state index is 11.2. The molecule has 2 N–H and O–H groups in total. The molecule has 1 fully saturated rings. The molecule has 0 aromatic carbocycles. The van der Waals surface area contributed by atoms with Crippen LogP contribution >= 0.6 is 0 Å². The van der Waals surface area contributed by atoms with Gasteiger partial charge in [-0.15, -0.1) is 0 Å². The molecule has 1 amide bonds. The Labute approximate surface area is 80.3 Å². The number of carbonyl (C=O) groups excluding carboxylic acids is 1. The number of nitrogens with two attached hydrogens (primary N) is 1. The zero-order chi connectivity index (χ0) is 9.90. The fourth-order valence-corrected chi connectivity index (χ4v) is 1.90. The molecule has 3 heteroatoms. The van der Waals surface area contributed by atoms with Gasteiger partial charge in [-0.3, -0.25) is 4.79 Å². The van der Waals surface area contributed by atoms with Crippen LogP contribution in [0, 0.1) is 5.41 Å². The summed E-state index contributed by atoms with van der Waals surface area (Å²) in [5, 5.41) is 0. The molecule has 13 heavy (non-hydrogen) atoms. The van der Waals surface area contributed by atoms with E-state index in [2.05, 4.69) is 11.8 Å². The van der Waals surface area contributed by atoms with Crippen LogP contribution in [0.3, 0.4) is 0 Å². The lowest BCUT2D eigenvalue weighted by molar-refractivity contribution is -0.127. The molecule has 0 radical (unpaired) electrons. The highest BCUT2D eigenvalue weighted by Gasteiger charge is 2.32. The van der Waals surface area contributed by atoms with Gasteiger partial charge in [-0.2, -0.15) is 0 Å². The molecule has 0 bridgehead atoms. The van der Waals surface area contributed by atoms with Gasteiger partial charge in [0.05, 0.1) is 0 Å². The quantitative estimate of drug-likeness (QED) is 0.695. The van der Waals surface area contributed by atoms with Crippen molar-refractivity contribution < 1.29 is 4.79 Å². The lowest BCUT2D eigenvalue weighted by Crippen LogP contribution is -2.35. The van der Waals surface area contributed by atoms with Crippen LogP contribution in [0.4, 0.5) is 0 Å². The second-order valence-electron chi connectivity index (χ2n) is 4.21. The number of primary amides is 1. The van der Waals surface area contributed by atoms with Crippen LogP contribution in [0.15, 0.2) is 0 Å². The fraction of sp³-hybridized carbons (Fsp3) is 0.900. The van der Waals surface area contributed by atoms with Gasteiger partial charge >= 0.3 is 0 Å². The molecule has 1 saturated heterocycles. The Morgan fingerprint density at radius 2 is 2.15 bits per heavy atom. The van der Waals surface area contributed by atoms with Crippen LogP contribution in [0.2, 0.25) is 0 Å². The van der Waals surface area contributed by atoms with E-state index in [1.54, 1.807) is 0 Å². The van der Waals surface area contributed by atoms with E-state index in [-0.39, 0.29) is 11.3 Å². The van der Waals surface area contributed by atoms with Crippen molar-refractivity contribution >= 4 is 5.91 Å². The van der Waals surface area contributed by atoms with E-state index in [1.165, 1.54) is 0 Å². The van der Waals surface area contributed by atoms with Gasteiger partial charge in [0.15, 0.2) is 0 Å². The van der Waals surface area contributed by atoms with Gasteiger partial charge in [0.2, 0.25) is 5.91 Å². The molecule has 0 aliphatic carbocycles. The van der Waals surface area contributed by atoms with E-state index in [1.807, 2.05) is 6.92 Å². The molecular weight excluding hydrogens is 164 g/mol. The van der Waals surface area contributed by atoms with Crippen LogP contribution < -0.4 is 5.73 Å². The van der Waals surface area contributed by atoms with Crippen molar-refractivity contribution in [3.05, 3.63) is 0 Å². The van der Waals surface area contributed by atoms with Crippen LogP contribution in [0.25, 0.3) is 0 Å². The molecule has 0 spiro atoms. The van der Waals surface area contributed by atoms with Crippen LogP contribution in [0.1, 0.15) is 33.1 Å². The van der Waals surface area contributed by atoms with Crippen molar-refractivity contribution in [1.29, 1.82) is 0 Å². The first-order valence-electron chi connectivity index (χ1n) is 5.11. The lowest BCUT2D eigenvalue weighted by atomic mass is 9.82. The van der Waals surface area contributed by atoms with E-state index in [9.17, 15) is 4.79 Å². The van der Waals surface area contributed by atoms with E-state index >= 15 is 0 Å². The van der Waals surface area contributed by atoms with Crippen molar-refractivity contribution in [2.24, 2.45) is 11.1 Å². The third kappa shape index (κ3) is 2.44. The van der Waals surface area contributed by atoms with E-state index in [0.29, 0.717) is 0 Å². The van der Waals surface area contributed by atoms with Gasteiger partial charge in [-0.1, -0.05) is 13.8 Å². The van der Waals surface area contributed by atoms with E-state index in [4.69, 9.17) is 5.73 Å². The van der Waals surface area contributed by atoms with Crippen molar-refractivity contribution in [1.82, 2.24) is 4.90 Å². The highest BCUT2D eigenvalue weighted by Crippen LogP contribution is 2.30. The third-order valence-electron chi connectivity index (χ3n) is 3.22. The minimum Gasteiger partial charge on any atom is -0.369 e. The largest absolute Gasteiger partial charge is 0.369 e. The van der Waals surface area contributed by atoms with Crippen LogP contribution in [-0.4, -0.2) is 30.4 Å². The smallest absolute Gasteiger partial charge is 0.223 e. The molecule has 76 valence electrons. The van der Waals surface area contributed by atoms with E-state index in [0.717, 1.165) is 38.9 Å². The predicted molar refractivity (Wildman–Crippen MR) is 53.3 cm³/mol. The standard InChI is InChI=1S/C10H20N2O/c1-3-12-7-4-5-10(2,6-8-12)9(11)13/h3-8H2,1-2H3,(H2,11,13). The Kier molecular flexibility index (Phi) is 3.31. The number of hydrogen-bond donors (Lipinski definition) is 1. The third-order valence-corrected chi connectivity index (χ3v) is 3.22. The molecule has 1 heterocycles. The molecule has 1 unspecified atom stereocenters. The molecule has 3 nitrogen and oxygen atoms in total. The van der Waals surface area contributed by atoms with Gasteiger partial charge in [0.25, 0.3) is 0 Å². The molecule has 1 aliphatic heterocycles. The zero-order valence-corrected chi connectivity index (χ0v) is 8.68. The molecule has 0 aromatic heterocycles. The van der Waals surface area contributed by atoms with Gasteiger partial charge in [-0.05, 0) is 38.9 Å². The topological polar surface area (TPSA) is 46.3 Å². The van der Waals surface area contributed by atoms with Gasteiger partial charge in [-0.25, -0.2) is 0 Å². The SMILES string of the molecule is CCN1CCCC(C)(C(N)=O)CC1. The second-order valence-corrected chi connectivity index (χ2v) is 4.21. The Morgan fingerprint density at radius 1 is 1.46 bits per heavy atom. The van der Waals surface area contributed by atoms with Crippen molar-refractivity contribution in [2.45, 2.75) is 33.1 Å². The monoisotopic (exact) mass is 184 g/mol. The summed E-state index contributed by atoms with van der Waals surface area (Å²) in [5.74, 6) is -0.134. The van der Waals surface area contributed by atoms with E-state index < -0.39 is 0 Å². The van der Waals surface area contributed by atoms with Gasteiger partial charge in [0, 0.05) is 5.41 Å². The maximum Gasteiger partial charge on any atom is 0.223 e. The molecular formula is C10H20N2O. The molecule has 1 aliphatic rings. The summed E-state index contributed by atoms with van der Waals surface area (Å²) < 4.78 is 0. The first-order valence-corrected chi connectivity index (χ1v) is 5.11. The molecule has 0 saturated carbocycles. The van der Waals surface area contributed by atoms with Crippen LogP contribution in [-0.2, 0) is 4.79 Å². The van der Waals surface area contributed by atoms with Crippen molar-refractivity contribution in [2.75, 3.05) is 19.6 Å². The highest BCUT2D eigenvalue weighted by atomic mass is 16.1. The lowest BCUT2D eigenvalue weighted by Gasteiger charge is -2.24. The van der Waals surface area contributed by atoms with Gasteiger partial charge in [0.1, 0.15) is 0 Å². The summed E-state index contributed by atoms with van der Waals surface area (Å²) in [5.41, 5.74) is 5.14. The number of likely N-dealkylation sites (tertiary alicyclic amines) is 1. The maximum atomic E-state index is 11.2. The summed E-state index contributed by atoms with van der Waals surface area (Å²) in [7, 11) is 0. The normalized spacial score (nSPS) is 31.2. The molecule has 1 atom stereocenters. The Balaban J connectivity index is 2.58. The number of hydrogen-bond acceptors (Lipinski definition) is 2. The van der Waals surface area contributed by atoms with Crippen LogP contribution in [0.5, 0.6) is 0 Å². The number of nitrogens with zero attached hydrogens (tertiary/aromatic N) is 1. The summed E-state index contributed by atoms with van der Waals surface area (Å²) in [6.07, 6.45) is 2.95. The first kappa shape index (κ1) is 10.5. The average Bonchev–Trinajstić information content (AvgIpc) is 2.28. The number of carbonyl (C=O) groups is 1. The van der Waals surface area contributed by atoms with Gasteiger partial charge < -0.3 is 10.6 Å². The Morgan fingerprint density at radius 3 is 2.69 bits per heavy atom. The summed E-state index contributed by atoms with van der Waals surface area (Å²) in [6.45, 7) is 7.35. The predicted octanol–water partition coefficient (Wildman–Crippen LogP) is 0.984.